The summed E-state index contributed by atoms with van der Waals surface area (Å²) in [4.78, 5) is 15.3. The molecule has 0 spiro atoms. The average Bonchev–Trinajstić information content (AvgIpc) is 2.54. The molecule has 0 saturated carbocycles. The van der Waals surface area contributed by atoms with Gasteiger partial charge in [0.05, 0.1) is 5.02 Å². The van der Waals surface area contributed by atoms with E-state index >= 15 is 0 Å². The summed E-state index contributed by atoms with van der Waals surface area (Å²) >= 11 is 6.06. The molecular formula is C17H25ClN2O3. The zero-order valence-electron chi connectivity index (χ0n) is 13.4. The first-order chi connectivity index (χ1) is 11.1. The number of hydrogen-bond acceptors (Lipinski definition) is 4. The topological polar surface area (TPSA) is 53.0 Å². The van der Waals surface area contributed by atoms with Gasteiger partial charge in [0.25, 0.3) is 0 Å². The van der Waals surface area contributed by atoms with Crippen LogP contribution in [0.5, 0.6) is 5.75 Å². The number of nitrogens with zero attached hydrogens (tertiary/aromatic N) is 2. The first kappa shape index (κ1) is 18.0. The Kier molecular flexibility index (Phi) is 7.65. The number of aliphatic carboxylic acids is 1. The predicted octanol–water partition coefficient (Wildman–Crippen LogP) is 2.59. The van der Waals surface area contributed by atoms with Crippen molar-refractivity contribution in [3.8, 4) is 5.75 Å². The second-order valence-electron chi connectivity index (χ2n) is 5.81. The maximum Gasteiger partial charge on any atom is 0.303 e. The molecule has 1 fully saturated rings. The molecule has 1 aliphatic rings. The van der Waals surface area contributed by atoms with E-state index in [4.69, 9.17) is 21.4 Å². The lowest BCUT2D eigenvalue weighted by Gasteiger charge is -2.34. The summed E-state index contributed by atoms with van der Waals surface area (Å²) in [5, 5.41) is 9.28. The number of unbranched alkanes of at least 4 members (excludes halogenated alkanes) is 1. The molecular weight excluding hydrogens is 316 g/mol. The Hall–Kier alpha value is -1.30. The number of ether oxygens (including phenoxy) is 1. The Morgan fingerprint density at radius 2 is 1.74 bits per heavy atom. The van der Waals surface area contributed by atoms with E-state index in [-0.39, 0.29) is 6.42 Å². The van der Waals surface area contributed by atoms with Gasteiger partial charge in [0, 0.05) is 39.1 Å². The minimum absolute atomic E-state index is 0.277. The number of piperazine rings is 1. The fourth-order valence-electron chi connectivity index (χ4n) is 2.69. The lowest BCUT2D eigenvalue weighted by Crippen LogP contribution is -2.47. The maximum absolute atomic E-state index is 10.5. The number of rotatable bonds is 9. The highest BCUT2D eigenvalue weighted by molar-refractivity contribution is 6.32. The van der Waals surface area contributed by atoms with E-state index < -0.39 is 5.97 Å². The van der Waals surface area contributed by atoms with Crippen LogP contribution in [-0.2, 0) is 4.79 Å². The molecule has 0 radical (unpaired) electrons. The molecule has 0 aliphatic carbocycles. The molecule has 1 aromatic rings. The van der Waals surface area contributed by atoms with Gasteiger partial charge < -0.3 is 14.7 Å². The Labute approximate surface area is 142 Å². The summed E-state index contributed by atoms with van der Waals surface area (Å²) < 4.78 is 5.73. The number of carboxylic acids is 1. The summed E-state index contributed by atoms with van der Waals surface area (Å²) in [5.41, 5.74) is 0. The average molecular weight is 341 g/mol. The Bertz CT molecular complexity index is 490. The molecule has 0 bridgehead atoms. The van der Waals surface area contributed by atoms with Crippen LogP contribution in [0.2, 0.25) is 5.02 Å². The van der Waals surface area contributed by atoms with Crippen LogP contribution in [0.25, 0.3) is 0 Å². The van der Waals surface area contributed by atoms with E-state index in [1.165, 1.54) is 0 Å². The van der Waals surface area contributed by atoms with E-state index in [0.29, 0.717) is 11.6 Å². The number of hydrogen-bond donors (Lipinski definition) is 1. The quantitative estimate of drug-likeness (QED) is 0.700. The minimum atomic E-state index is -0.701. The van der Waals surface area contributed by atoms with Crippen molar-refractivity contribution in [2.75, 3.05) is 45.9 Å². The van der Waals surface area contributed by atoms with Crippen LogP contribution in [0, 0.1) is 0 Å². The van der Waals surface area contributed by atoms with Crippen LogP contribution in [0.3, 0.4) is 0 Å². The zero-order valence-corrected chi connectivity index (χ0v) is 14.2. The van der Waals surface area contributed by atoms with E-state index in [1.54, 1.807) is 0 Å². The van der Waals surface area contributed by atoms with Crippen LogP contribution in [-0.4, -0.2) is 66.8 Å². The summed E-state index contributed by atoms with van der Waals surface area (Å²) in [6, 6.07) is 7.53. The molecule has 0 unspecified atom stereocenters. The highest BCUT2D eigenvalue weighted by atomic mass is 35.5. The smallest absolute Gasteiger partial charge is 0.303 e. The van der Waals surface area contributed by atoms with Gasteiger partial charge in [-0.1, -0.05) is 23.7 Å². The summed E-state index contributed by atoms with van der Waals surface area (Å²) in [6.45, 7) is 6.69. The SMILES string of the molecule is O=C(O)CCCCN1CCN(CCOc2ccccc2Cl)CC1. The van der Waals surface area contributed by atoms with Crippen molar-refractivity contribution in [3.63, 3.8) is 0 Å². The summed E-state index contributed by atoms with van der Waals surface area (Å²) in [6.07, 6.45) is 2.00. The van der Waals surface area contributed by atoms with E-state index in [9.17, 15) is 4.79 Å². The maximum atomic E-state index is 10.5. The standard InChI is InChI=1S/C17H25ClN2O3/c18-15-5-1-2-6-16(15)23-14-13-20-11-9-19(10-12-20)8-4-3-7-17(21)22/h1-2,5-6H,3-4,7-14H2,(H,21,22). The molecule has 6 heteroatoms. The third-order valence-electron chi connectivity index (χ3n) is 4.08. The molecule has 128 valence electrons. The fourth-order valence-corrected chi connectivity index (χ4v) is 2.88. The molecule has 1 aromatic carbocycles. The van der Waals surface area contributed by atoms with Crippen molar-refractivity contribution in [1.82, 2.24) is 9.80 Å². The lowest BCUT2D eigenvalue weighted by atomic mass is 10.2. The molecule has 1 aliphatic heterocycles. The van der Waals surface area contributed by atoms with Crippen molar-refractivity contribution >= 4 is 17.6 Å². The molecule has 2 rings (SSSR count). The fraction of sp³-hybridized carbons (Fsp3) is 0.588. The van der Waals surface area contributed by atoms with Crippen molar-refractivity contribution in [2.24, 2.45) is 0 Å². The van der Waals surface area contributed by atoms with Crippen LogP contribution in [0.15, 0.2) is 24.3 Å². The third-order valence-corrected chi connectivity index (χ3v) is 4.39. The van der Waals surface area contributed by atoms with Crippen molar-refractivity contribution < 1.29 is 14.6 Å². The van der Waals surface area contributed by atoms with Gasteiger partial charge in [-0.2, -0.15) is 0 Å². The molecule has 0 atom stereocenters. The van der Waals surface area contributed by atoms with E-state index in [0.717, 1.165) is 57.9 Å². The second kappa shape index (κ2) is 9.75. The normalized spacial score (nSPS) is 16.4. The van der Waals surface area contributed by atoms with Gasteiger partial charge in [-0.3, -0.25) is 9.69 Å². The molecule has 1 N–H and O–H groups in total. The van der Waals surface area contributed by atoms with Crippen LogP contribution >= 0.6 is 11.6 Å². The monoisotopic (exact) mass is 340 g/mol. The largest absolute Gasteiger partial charge is 0.491 e. The molecule has 23 heavy (non-hydrogen) atoms. The third kappa shape index (κ3) is 6.77. The predicted molar refractivity (Wildman–Crippen MR) is 91.3 cm³/mol. The van der Waals surface area contributed by atoms with Gasteiger partial charge >= 0.3 is 5.97 Å². The zero-order chi connectivity index (χ0) is 16.5. The number of benzene rings is 1. The minimum Gasteiger partial charge on any atom is -0.491 e. The van der Waals surface area contributed by atoms with Gasteiger partial charge in [0.2, 0.25) is 0 Å². The van der Waals surface area contributed by atoms with Gasteiger partial charge in [-0.05, 0) is 31.5 Å². The van der Waals surface area contributed by atoms with E-state index in [1.807, 2.05) is 24.3 Å². The van der Waals surface area contributed by atoms with Crippen molar-refractivity contribution in [3.05, 3.63) is 29.3 Å². The molecule has 1 heterocycles. The van der Waals surface area contributed by atoms with Gasteiger partial charge in [-0.25, -0.2) is 0 Å². The Morgan fingerprint density at radius 1 is 1.09 bits per heavy atom. The first-order valence-corrected chi connectivity index (χ1v) is 8.57. The second-order valence-corrected chi connectivity index (χ2v) is 6.22. The summed E-state index contributed by atoms with van der Waals surface area (Å²) in [5.74, 6) is 0.0413. The van der Waals surface area contributed by atoms with Crippen LogP contribution < -0.4 is 4.74 Å². The van der Waals surface area contributed by atoms with E-state index in [2.05, 4.69) is 9.80 Å². The van der Waals surface area contributed by atoms with Crippen LogP contribution in [0.1, 0.15) is 19.3 Å². The number of para-hydroxylation sites is 1. The highest BCUT2D eigenvalue weighted by Gasteiger charge is 2.16. The van der Waals surface area contributed by atoms with Gasteiger partial charge in [-0.15, -0.1) is 0 Å². The lowest BCUT2D eigenvalue weighted by molar-refractivity contribution is -0.137. The van der Waals surface area contributed by atoms with Crippen molar-refractivity contribution in [1.29, 1.82) is 0 Å². The molecule has 0 amide bonds. The van der Waals surface area contributed by atoms with Crippen LogP contribution in [0.4, 0.5) is 0 Å². The summed E-state index contributed by atoms with van der Waals surface area (Å²) in [7, 11) is 0. The number of carbonyl (C=O) groups is 1. The van der Waals surface area contributed by atoms with Gasteiger partial charge in [0.15, 0.2) is 0 Å². The number of halogens is 1. The van der Waals surface area contributed by atoms with Crippen molar-refractivity contribution in [2.45, 2.75) is 19.3 Å². The molecule has 1 saturated heterocycles. The Morgan fingerprint density at radius 3 is 2.39 bits per heavy atom. The first-order valence-electron chi connectivity index (χ1n) is 8.19. The van der Waals surface area contributed by atoms with Gasteiger partial charge in [0.1, 0.15) is 12.4 Å². The molecule has 5 nitrogen and oxygen atoms in total. The highest BCUT2D eigenvalue weighted by Crippen LogP contribution is 2.22. The number of carboxylic acid groups (broad SMARTS) is 1. The Balaban J connectivity index is 1.56. The molecule has 0 aromatic heterocycles.